The van der Waals surface area contributed by atoms with Crippen molar-refractivity contribution >= 4 is 11.8 Å². The number of hydrogen-bond acceptors (Lipinski definition) is 7. The number of aromatic nitrogens is 4. The molecule has 0 saturated carbocycles. The summed E-state index contributed by atoms with van der Waals surface area (Å²) in [6, 6.07) is 14.1. The molecule has 1 fully saturated rings. The van der Waals surface area contributed by atoms with Crippen LogP contribution in [0, 0.1) is 0 Å². The standard InChI is InChI=1S/C19H23N7O/c1-27-17-13-25(18-7-9-21-19(20)23-18)12-16(17)22-11-14-8-10-26(24-14)15-5-3-2-4-6-15/h2-10,16-17,22H,11-13H2,1H3,(H2,20,21,23)/t16-,17+/m0/s1. The molecule has 3 N–H and O–H groups in total. The molecule has 4 rings (SSSR count). The zero-order valence-electron chi connectivity index (χ0n) is 15.2. The summed E-state index contributed by atoms with van der Waals surface area (Å²) in [6.45, 7) is 2.21. The Hall–Kier alpha value is -2.97. The van der Waals surface area contributed by atoms with Crippen LogP contribution < -0.4 is 16.0 Å². The molecule has 2 aromatic heterocycles. The molecule has 1 saturated heterocycles. The molecule has 2 atom stereocenters. The molecular weight excluding hydrogens is 342 g/mol. The highest BCUT2D eigenvalue weighted by molar-refractivity contribution is 5.43. The number of anilines is 2. The second-order valence-corrected chi connectivity index (χ2v) is 6.53. The van der Waals surface area contributed by atoms with Crippen molar-refractivity contribution < 1.29 is 4.74 Å². The van der Waals surface area contributed by atoms with Gasteiger partial charge in [0.05, 0.1) is 23.5 Å². The predicted molar refractivity (Wildman–Crippen MR) is 104 cm³/mol. The smallest absolute Gasteiger partial charge is 0.221 e. The predicted octanol–water partition coefficient (Wildman–Crippen LogP) is 1.24. The number of nitrogen functional groups attached to an aromatic ring is 1. The molecule has 0 amide bonds. The highest BCUT2D eigenvalue weighted by atomic mass is 16.5. The van der Waals surface area contributed by atoms with Crippen LogP contribution >= 0.6 is 0 Å². The first-order chi connectivity index (χ1) is 13.2. The largest absolute Gasteiger partial charge is 0.378 e. The second-order valence-electron chi connectivity index (χ2n) is 6.53. The van der Waals surface area contributed by atoms with Gasteiger partial charge in [0.15, 0.2) is 0 Å². The Morgan fingerprint density at radius 3 is 2.81 bits per heavy atom. The zero-order chi connectivity index (χ0) is 18.6. The van der Waals surface area contributed by atoms with E-state index in [1.54, 1.807) is 13.3 Å². The third kappa shape index (κ3) is 3.91. The minimum atomic E-state index is 0.0670. The van der Waals surface area contributed by atoms with Crippen molar-refractivity contribution in [1.29, 1.82) is 0 Å². The Morgan fingerprint density at radius 2 is 2.04 bits per heavy atom. The van der Waals surface area contributed by atoms with Gasteiger partial charge >= 0.3 is 0 Å². The molecule has 1 aromatic carbocycles. The summed E-state index contributed by atoms with van der Waals surface area (Å²) < 4.78 is 7.55. The summed E-state index contributed by atoms with van der Waals surface area (Å²) in [7, 11) is 1.74. The summed E-state index contributed by atoms with van der Waals surface area (Å²) in [6.07, 6.45) is 3.72. The topological polar surface area (TPSA) is 94.1 Å². The number of nitrogens with one attached hydrogen (secondary N) is 1. The summed E-state index contributed by atoms with van der Waals surface area (Å²) in [4.78, 5) is 10.4. The van der Waals surface area contributed by atoms with Crippen LogP contribution in [0.4, 0.5) is 11.8 Å². The minimum Gasteiger partial charge on any atom is -0.378 e. The van der Waals surface area contributed by atoms with Crippen molar-refractivity contribution in [3.8, 4) is 5.69 Å². The first kappa shape index (κ1) is 17.4. The van der Waals surface area contributed by atoms with E-state index in [1.165, 1.54) is 0 Å². The van der Waals surface area contributed by atoms with Gasteiger partial charge in [-0.1, -0.05) is 18.2 Å². The Balaban J connectivity index is 1.40. The molecule has 0 radical (unpaired) electrons. The summed E-state index contributed by atoms with van der Waals surface area (Å²) in [5, 5.41) is 8.20. The highest BCUT2D eigenvalue weighted by Gasteiger charge is 2.33. The van der Waals surface area contributed by atoms with Gasteiger partial charge in [-0.05, 0) is 24.3 Å². The zero-order valence-corrected chi connectivity index (χ0v) is 15.2. The normalized spacial score (nSPS) is 19.5. The molecule has 8 heteroatoms. The SMILES string of the molecule is CO[C@@H]1CN(c2ccnc(N)n2)C[C@@H]1NCc1ccn(-c2ccccc2)n1. The van der Waals surface area contributed by atoms with Crippen LogP contribution in [0.3, 0.4) is 0 Å². The summed E-state index contributed by atoms with van der Waals surface area (Å²) >= 11 is 0. The second kappa shape index (κ2) is 7.73. The van der Waals surface area contributed by atoms with Gasteiger partial charge < -0.3 is 20.7 Å². The van der Waals surface area contributed by atoms with E-state index in [2.05, 4.69) is 25.3 Å². The lowest BCUT2D eigenvalue weighted by molar-refractivity contribution is 0.0965. The van der Waals surface area contributed by atoms with Crippen LogP contribution in [-0.4, -0.2) is 52.1 Å². The van der Waals surface area contributed by atoms with Gasteiger partial charge in [-0.25, -0.2) is 9.67 Å². The van der Waals surface area contributed by atoms with Crippen molar-refractivity contribution in [3.05, 3.63) is 60.6 Å². The number of rotatable bonds is 6. The van der Waals surface area contributed by atoms with E-state index in [0.717, 1.165) is 30.3 Å². The van der Waals surface area contributed by atoms with Crippen molar-refractivity contribution in [1.82, 2.24) is 25.1 Å². The molecule has 140 valence electrons. The van der Waals surface area contributed by atoms with Crippen LogP contribution in [0.1, 0.15) is 5.69 Å². The molecule has 27 heavy (non-hydrogen) atoms. The average molecular weight is 365 g/mol. The van der Waals surface area contributed by atoms with Gasteiger partial charge in [0.2, 0.25) is 5.95 Å². The maximum atomic E-state index is 5.71. The minimum absolute atomic E-state index is 0.0670. The fourth-order valence-electron chi connectivity index (χ4n) is 3.35. The van der Waals surface area contributed by atoms with E-state index in [-0.39, 0.29) is 18.1 Å². The number of hydrogen-bond donors (Lipinski definition) is 2. The molecule has 0 spiro atoms. The average Bonchev–Trinajstić information content (AvgIpc) is 3.34. The van der Waals surface area contributed by atoms with E-state index in [4.69, 9.17) is 10.5 Å². The Kier molecular flexibility index (Phi) is 4.99. The molecule has 0 aliphatic carbocycles. The van der Waals surface area contributed by atoms with Gasteiger partial charge in [-0.2, -0.15) is 10.1 Å². The molecule has 1 aliphatic heterocycles. The molecule has 0 unspecified atom stereocenters. The Morgan fingerprint density at radius 1 is 1.19 bits per heavy atom. The van der Waals surface area contributed by atoms with E-state index in [0.29, 0.717) is 6.54 Å². The summed E-state index contributed by atoms with van der Waals surface area (Å²) in [5.74, 6) is 1.10. The fourth-order valence-corrected chi connectivity index (χ4v) is 3.35. The number of ether oxygens (including phenoxy) is 1. The molecule has 3 heterocycles. The van der Waals surface area contributed by atoms with Gasteiger partial charge in [0.25, 0.3) is 0 Å². The number of methoxy groups -OCH3 is 1. The molecule has 8 nitrogen and oxygen atoms in total. The van der Waals surface area contributed by atoms with Crippen molar-refractivity contribution in [2.45, 2.75) is 18.7 Å². The number of benzene rings is 1. The van der Waals surface area contributed by atoms with Crippen LogP contribution in [-0.2, 0) is 11.3 Å². The number of nitrogens with zero attached hydrogens (tertiary/aromatic N) is 5. The highest BCUT2D eigenvalue weighted by Crippen LogP contribution is 2.20. The fraction of sp³-hybridized carbons (Fsp3) is 0.316. The van der Waals surface area contributed by atoms with Gasteiger partial charge in [-0.15, -0.1) is 0 Å². The molecule has 0 bridgehead atoms. The van der Waals surface area contributed by atoms with E-state index in [9.17, 15) is 0 Å². The lowest BCUT2D eigenvalue weighted by atomic mass is 10.2. The summed E-state index contributed by atoms with van der Waals surface area (Å²) in [5.41, 5.74) is 7.74. The lowest BCUT2D eigenvalue weighted by Gasteiger charge is -2.17. The molecular formula is C19H23N7O. The van der Waals surface area contributed by atoms with Crippen LogP contribution in [0.25, 0.3) is 5.69 Å². The third-order valence-electron chi connectivity index (χ3n) is 4.76. The maximum Gasteiger partial charge on any atom is 0.221 e. The van der Waals surface area contributed by atoms with E-state index >= 15 is 0 Å². The van der Waals surface area contributed by atoms with E-state index in [1.807, 2.05) is 53.3 Å². The van der Waals surface area contributed by atoms with Crippen LogP contribution in [0.15, 0.2) is 54.9 Å². The molecule has 1 aliphatic rings. The van der Waals surface area contributed by atoms with E-state index < -0.39 is 0 Å². The number of nitrogens with two attached hydrogens (primary N) is 1. The van der Waals surface area contributed by atoms with Crippen molar-refractivity contribution in [3.63, 3.8) is 0 Å². The first-order valence-electron chi connectivity index (χ1n) is 8.92. The van der Waals surface area contributed by atoms with Gasteiger partial charge in [-0.3, -0.25) is 0 Å². The third-order valence-corrected chi connectivity index (χ3v) is 4.76. The molecule has 3 aromatic rings. The quantitative estimate of drug-likeness (QED) is 0.679. The van der Waals surface area contributed by atoms with Crippen molar-refractivity contribution in [2.24, 2.45) is 0 Å². The van der Waals surface area contributed by atoms with Crippen LogP contribution in [0.2, 0.25) is 0 Å². The van der Waals surface area contributed by atoms with Crippen molar-refractivity contribution in [2.75, 3.05) is 30.8 Å². The maximum absolute atomic E-state index is 5.71. The van der Waals surface area contributed by atoms with Gasteiger partial charge in [0.1, 0.15) is 5.82 Å². The number of para-hydroxylation sites is 1. The Labute approximate surface area is 158 Å². The van der Waals surface area contributed by atoms with Gasteiger partial charge in [0, 0.05) is 39.1 Å². The Bertz CT molecular complexity index is 883. The monoisotopic (exact) mass is 365 g/mol. The first-order valence-corrected chi connectivity index (χ1v) is 8.92. The lowest BCUT2D eigenvalue weighted by Crippen LogP contribution is -2.39. The van der Waals surface area contributed by atoms with Crippen LogP contribution in [0.5, 0.6) is 0 Å².